The molecule has 4 heterocycles. The Morgan fingerprint density at radius 1 is 1.02 bits per heavy atom. The zero-order valence-corrected chi connectivity index (χ0v) is 26.3. The number of hydrogen-bond donors (Lipinski definition) is 3. The molecule has 4 aliphatic rings. The molecule has 0 aromatic carbocycles. The molecule has 1 aromatic heterocycles. The van der Waals surface area contributed by atoms with Crippen LogP contribution in [0.5, 0.6) is 0 Å². The Morgan fingerprint density at radius 2 is 1.63 bits per heavy atom. The van der Waals surface area contributed by atoms with Gasteiger partial charge < -0.3 is 25.3 Å². The Labute approximate surface area is 248 Å². The third-order valence-electron chi connectivity index (χ3n) is 9.76. The van der Waals surface area contributed by atoms with Gasteiger partial charge in [-0.1, -0.05) is 25.5 Å². The van der Waals surface area contributed by atoms with Crippen LogP contribution in [0.2, 0.25) is 0 Å². The number of amides is 1. The molecule has 2 bridgehead atoms. The summed E-state index contributed by atoms with van der Waals surface area (Å²) in [7, 11) is 1.82. The monoisotopic (exact) mass is 565 g/mol. The summed E-state index contributed by atoms with van der Waals surface area (Å²) in [6.45, 7) is 17.6. The van der Waals surface area contributed by atoms with Crippen LogP contribution in [0.3, 0.4) is 0 Å². The van der Waals surface area contributed by atoms with E-state index in [0.29, 0.717) is 11.4 Å². The zero-order valence-electron chi connectivity index (χ0n) is 26.3. The number of nitrogens with zero attached hydrogens (tertiary/aromatic N) is 4. The predicted molar refractivity (Wildman–Crippen MR) is 171 cm³/mol. The van der Waals surface area contributed by atoms with Gasteiger partial charge in [0.1, 0.15) is 17.3 Å². The van der Waals surface area contributed by atoms with E-state index >= 15 is 0 Å². The van der Waals surface area contributed by atoms with E-state index in [1.165, 1.54) is 50.8 Å². The van der Waals surface area contributed by atoms with Crippen molar-refractivity contribution in [2.75, 3.05) is 69.6 Å². The average Bonchev–Trinajstić information content (AvgIpc) is 3.64. The summed E-state index contributed by atoms with van der Waals surface area (Å²) in [5, 5.41) is 14.8. The summed E-state index contributed by atoms with van der Waals surface area (Å²) >= 11 is 0. The van der Waals surface area contributed by atoms with E-state index in [4.69, 9.17) is 10.4 Å². The minimum atomic E-state index is -0.294. The summed E-state index contributed by atoms with van der Waals surface area (Å²) in [6, 6.07) is 4.03. The number of aromatic nitrogens is 1. The SMILES string of the molecule is C/C=C(\C)C(C)C.CNc1nc(N2CC3CCC(C3)C2)ccc1C(=N)C(=O)NC1CCN(CCN2CCCC2)CC1. The first-order valence-corrected chi connectivity index (χ1v) is 16.2. The van der Waals surface area contributed by atoms with Gasteiger partial charge in [-0.05, 0) is 102 Å². The van der Waals surface area contributed by atoms with Crippen molar-refractivity contribution in [3.63, 3.8) is 0 Å². The van der Waals surface area contributed by atoms with Crippen LogP contribution >= 0.6 is 0 Å². The molecule has 0 spiro atoms. The van der Waals surface area contributed by atoms with Crippen molar-refractivity contribution in [2.24, 2.45) is 17.8 Å². The summed E-state index contributed by atoms with van der Waals surface area (Å²) in [6.07, 6.45) is 10.8. The van der Waals surface area contributed by atoms with Crippen molar-refractivity contribution in [3.8, 4) is 0 Å². The van der Waals surface area contributed by atoms with E-state index < -0.39 is 0 Å². The third kappa shape index (κ3) is 8.77. The first kappa shape index (κ1) is 31.5. The van der Waals surface area contributed by atoms with Gasteiger partial charge in [0.25, 0.3) is 5.91 Å². The summed E-state index contributed by atoms with van der Waals surface area (Å²) in [5.41, 5.74) is 2.05. The number of hydrogen-bond acceptors (Lipinski definition) is 7. The van der Waals surface area contributed by atoms with Crippen LogP contribution in [-0.4, -0.2) is 91.9 Å². The molecule has 1 saturated carbocycles. The second-order valence-electron chi connectivity index (χ2n) is 13.0. The van der Waals surface area contributed by atoms with Crippen molar-refractivity contribution in [1.29, 1.82) is 5.41 Å². The largest absolute Gasteiger partial charge is 0.373 e. The van der Waals surface area contributed by atoms with Gasteiger partial charge in [0.05, 0.1) is 0 Å². The molecule has 2 unspecified atom stereocenters. The molecule has 4 fully saturated rings. The molecule has 3 N–H and O–H groups in total. The fraction of sp³-hybridized carbons (Fsp3) is 0.727. The van der Waals surface area contributed by atoms with E-state index in [-0.39, 0.29) is 17.7 Å². The number of piperidine rings is 2. The molecule has 1 amide bonds. The van der Waals surface area contributed by atoms with E-state index in [9.17, 15) is 4.79 Å². The highest BCUT2D eigenvalue weighted by atomic mass is 16.1. The first-order valence-electron chi connectivity index (χ1n) is 16.2. The molecule has 8 nitrogen and oxygen atoms in total. The molecule has 5 rings (SSSR count). The molecular weight excluding hydrogens is 510 g/mol. The number of fused-ring (bicyclic) bond motifs is 2. The van der Waals surface area contributed by atoms with Gasteiger partial charge in [-0.3, -0.25) is 10.2 Å². The van der Waals surface area contributed by atoms with Crippen LogP contribution in [-0.2, 0) is 4.79 Å². The number of anilines is 2. The van der Waals surface area contributed by atoms with Crippen molar-refractivity contribution in [2.45, 2.75) is 78.7 Å². The Bertz CT molecular complexity index is 1030. The number of carbonyl (C=O) groups excluding carboxylic acids is 1. The van der Waals surface area contributed by atoms with Crippen LogP contribution in [0.4, 0.5) is 11.6 Å². The van der Waals surface area contributed by atoms with Crippen molar-refractivity contribution >= 4 is 23.3 Å². The lowest BCUT2D eigenvalue weighted by Gasteiger charge is -2.33. The number of allylic oxidation sites excluding steroid dienone is 2. The molecule has 0 radical (unpaired) electrons. The van der Waals surface area contributed by atoms with Gasteiger partial charge in [-0.25, -0.2) is 4.98 Å². The summed E-state index contributed by atoms with van der Waals surface area (Å²) < 4.78 is 0. The van der Waals surface area contributed by atoms with Gasteiger partial charge >= 0.3 is 0 Å². The van der Waals surface area contributed by atoms with Crippen molar-refractivity contribution in [3.05, 3.63) is 29.3 Å². The number of likely N-dealkylation sites (tertiary alicyclic amines) is 2. The van der Waals surface area contributed by atoms with Crippen molar-refractivity contribution in [1.82, 2.24) is 20.1 Å². The maximum atomic E-state index is 12.9. The molecule has 3 aliphatic heterocycles. The molecule has 3 saturated heterocycles. The van der Waals surface area contributed by atoms with Crippen LogP contribution in [0.15, 0.2) is 23.8 Å². The highest BCUT2D eigenvalue weighted by molar-refractivity contribution is 6.45. The Balaban J connectivity index is 0.000000493. The van der Waals surface area contributed by atoms with E-state index in [1.54, 1.807) is 0 Å². The highest BCUT2D eigenvalue weighted by Gasteiger charge is 2.33. The van der Waals surface area contributed by atoms with Crippen LogP contribution in [0.1, 0.15) is 78.2 Å². The van der Waals surface area contributed by atoms with E-state index in [2.05, 4.69) is 59.1 Å². The second kappa shape index (κ2) is 15.1. The Hall–Kier alpha value is -2.45. The van der Waals surface area contributed by atoms with Crippen molar-refractivity contribution < 1.29 is 4.79 Å². The fourth-order valence-electron chi connectivity index (χ4n) is 6.72. The molecule has 1 aromatic rings. The molecule has 1 aliphatic carbocycles. The third-order valence-corrected chi connectivity index (χ3v) is 9.76. The van der Waals surface area contributed by atoms with Gasteiger partial charge in [0.2, 0.25) is 0 Å². The molecular formula is C33H55N7O. The Morgan fingerprint density at radius 3 is 2.17 bits per heavy atom. The van der Waals surface area contributed by atoms with Gasteiger partial charge in [0.15, 0.2) is 0 Å². The molecule has 8 heteroatoms. The zero-order chi connectivity index (χ0) is 29.4. The van der Waals surface area contributed by atoms with Crippen LogP contribution in [0.25, 0.3) is 0 Å². The lowest BCUT2D eigenvalue weighted by Crippen LogP contribution is -2.47. The lowest BCUT2D eigenvalue weighted by atomic mass is 9.99. The van der Waals surface area contributed by atoms with Gasteiger partial charge in [-0.2, -0.15) is 0 Å². The second-order valence-corrected chi connectivity index (χ2v) is 13.0. The number of rotatable bonds is 9. The maximum Gasteiger partial charge on any atom is 0.270 e. The van der Waals surface area contributed by atoms with E-state index in [1.807, 2.05) is 19.2 Å². The first-order chi connectivity index (χ1) is 19.8. The van der Waals surface area contributed by atoms with Gasteiger partial charge in [0, 0.05) is 57.9 Å². The predicted octanol–water partition coefficient (Wildman–Crippen LogP) is 5.01. The normalized spacial score (nSPS) is 23.9. The van der Waals surface area contributed by atoms with Crippen LogP contribution in [0, 0.1) is 23.2 Å². The van der Waals surface area contributed by atoms with Gasteiger partial charge in [-0.15, -0.1) is 0 Å². The summed E-state index contributed by atoms with van der Waals surface area (Å²) in [5.74, 6) is 3.58. The minimum Gasteiger partial charge on any atom is -0.373 e. The molecule has 41 heavy (non-hydrogen) atoms. The quantitative estimate of drug-likeness (QED) is 0.288. The number of nitrogens with one attached hydrogen (secondary N) is 3. The number of pyridine rings is 1. The molecule has 228 valence electrons. The number of carbonyl (C=O) groups is 1. The van der Waals surface area contributed by atoms with Crippen LogP contribution < -0.4 is 15.5 Å². The van der Waals surface area contributed by atoms with E-state index in [0.717, 1.165) is 75.7 Å². The fourth-order valence-corrected chi connectivity index (χ4v) is 6.72. The standard InChI is InChI=1S/C26H41N7O.C7H14/c1-28-25-22(6-7-23(30-25)33-17-19-4-5-20(16-19)18-33)24(27)26(34)29-21-8-12-32(13-9-21)15-14-31-10-2-3-11-31;1-5-7(4)6(2)3/h6-7,19-21,27H,2-5,8-18H2,1H3,(H,28,30)(H,29,34);5-6H,1-4H3/b;7-5+. The lowest BCUT2D eigenvalue weighted by molar-refractivity contribution is -0.115. The Kier molecular flexibility index (Phi) is 11.6. The average molecular weight is 566 g/mol. The topological polar surface area (TPSA) is 87.6 Å². The molecule has 2 atom stereocenters. The summed E-state index contributed by atoms with van der Waals surface area (Å²) in [4.78, 5) is 25.2. The smallest absolute Gasteiger partial charge is 0.270 e. The highest BCUT2D eigenvalue weighted by Crippen LogP contribution is 2.38. The maximum absolute atomic E-state index is 12.9. The minimum absolute atomic E-state index is 0.00132.